The van der Waals surface area contributed by atoms with Crippen LogP contribution >= 0.6 is 0 Å². The molecule has 102 valence electrons. The van der Waals surface area contributed by atoms with Gasteiger partial charge in [-0.1, -0.05) is 13.8 Å². The molecular formula is C13H21NO3S. The molecule has 0 radical (unpaired) electrons. The molecule has 1 rings (SSSR count). The predicted octanol–water partition coefficient (Wildman–Crippen LogP) is 2.33. The largest absolute Gasteiger partial charge is 0.496 e. The lowest BCUT2D eigenvalue weighted by atomic mass is 10.1. The Morgan fingerprint density at radius 2 is 2.00 bits per heavy atom. The van der Waals surface area contributed by atoms with Crippen LogP contribution in [0.1, 0.15) is 32.8 Å². The Hall–Kier alpha value is -1.07. The molecule has 1 atom stereocenters. The summed E-state index contributed by atoms with van der Waals surface area (Å²) in [4.78, 5) is 0.292. The number of hydrogen-bond acceptors (Lipinski definition) is 3. The van der Waals surface area contributed by atoms with Gasteiger partial charge in [0.2, 0.25) is 10.0 Å². The zero-order valence-electron chi connectivity index (χ0n) is 11.4. The highest BCUT2D eigenvalue weighted by atomic mass is 32.2. The van der Waals surface area contributed by atoms with Crippen molar-refractivity contribution in [2.24, 2.45) is 0 Å². The van der Waals surface area contributed by atoms with E-state index in [1.165, 1.54) is 0 Å². The van der Waals surface area contributed by atoms with Gasteiger partial charge in [-0.15, -0.1) is 0 Å². The lowest BCUT2D eigenvalue weighted by Gasteiger charge is -2.14. The molecule has 18 heavy (non-hydrogen) atoms. The molecule has 0 heterocycles. The van der Waals surface area contributed by atoms with E-state index < -0.39 is 10.0 Å². The summed E-state index contributed by atoms with van der Waals surface area (Å²) in [6.45, 7) is 5.76. The monoisotopic (exact) mass is 271 g/mol. The van der Waals surface area contributed by atoms with Crippen LogP contribution in [0.4, 0.5) is 0 Å². The van der Waals surface area contributed by atoms with E-state index in [2.05, 4.69) is 4.72 Å². The van der Waals surface area contributed by atoms with Crippen molar-refractivity contribution in [1.29, 1.82) is 0 Å². The van der Waals surface area contributed by atoms with Crippen molar-refractivity contribution in [1.82, 2.24) is 4.72 Å². The van der Waals surface area contributed by atoms with Crippen molar-refractivity contribution >= 4 is 10.0 Å². The second-order valence-corrected chi connectivity index (χ2v) is 5.97. The first-order valence-corrected chi connectivity index (χ1v) is 7.62. The van der Waals surface area contributed by atoms with Crippen molar-refractivity contribution < 1.29 is 13.2 Å². The maximum atomic E-state index is 12.1. The molecule has 0 bridgehead atoms. The predicted molar refractivity (Wildman–Crippen MR) is 72.4 cm³/mol. The zero-order valence-corrected chi connectivity index (χ0v) is 12.2. The third kappa shape index (κ3) is 3.46. The standard InChI is InChI=1S/C13H21NO3S/c1-5-10(3)14-18(15,16)12-7-8-13(17-4)11(6-2)9-12/h7-10,14H,5-6H2,1-4H3/t10-/m0/s1. The number of methoxy groups -OCH3 is 1. The number of hydrogen-bond donors (Lipinski definition) is 1. The van der Waals surface area contributed by atoms with Crippen molar-refractivity contribution in [3.8, 4) is 5.75 Å². The lowest BCUT2D eigenvalue weighted by molar-refractivity contribution is 0.409. The average Bonchev–Trinajstić information content (AvgIpc) is 2.37. The molecule has 1 N–H and O–H groups in total. The zero-order chi connectivity index (χ0) is 13.8. The summed E-state index contributed by atoms with van der Waals surface area (Å²) in [6, 6.07) is 4.87. The van der Waals surface area contributed by atoms with Gasteiger partial charge in [-0.05, 0) is 43.5 Å². The van der Waals surface area contributed by atoms with Gasteiger partial charge in [0, 0.05) is 6.04 Å². The second-order valence-electron chi connectivity index (χ2n) is 4.26. The maximum Gasteiger partial charge on any atom is 0.240 e. The van der Waals surface area contributed by atoms with Gasteiger partial charge in [0.05, 0.1) is 12.0 Å². The fraction of sp³-hybridized carbons (Fsp3) is 0.538. The summed E-state index contributed by atoms with van der Waals surface area (Å²) >= 11 is 0. The number of rotatable bonds is 6. The van der Waals surface area contributed by atoms with Crippen LogP contribution in [0, 0.1) is 0 Å². The van der Waals surface area contributed by atoms with E-state index in [-0.39, 0.29) is 6.04 Å². The Bertz CT molecular complexity index is 497. The molecule has 4 nitrogen and oxygen atoms in total. The number of ether oxygens (including phenoxy) is 1. The molecule has 5 heteroatoms. The van der Waals surface area contributed by atoms with Crippen LogP contribution < -0.4 is 9.46 Å². The van der Waals surface area contributed by atoms with Crippen molar-refractivity contribution in [2.45, 2.75) is 44.6 Å². The molecule has 0 unspecified atom stereocenters. The van der Waals surface area contributed by atoms with Gasteiger partial charge < -0.3 is 4.74 Å². The minimum atomic E-state index is -3.43. The fourth-order valence-electron chi connectivity index (χ4n) is 1.61. The van der Waals surface area contributed by atoms with Crippen molar-refractivity contribution in [2.75, 3.05) is 7.11 Å². The average molecular weight is 271 g/mol. The van der Waals surface area contributed by atoms with Gasteiger partial charge in [-0.3, -0.25) is 0 Å². The van der Waals surface area contributed by atoms with Gasteiger partial charge in [-0.25, -0.2) is 13.1 Å². The minimum Gasteiger partial charge on any atom is -0.496 e. The van der Waals surface area contributed by atoms with Crippen molar-refractivity contribution in [3.63, 3.8) is 0 Å². The van der Waals surface area contributed by atoms with Gasteiger partial charge in [0.1, 0.15) is 5.75 Å². The molecule has 1 aromatic rings. The fourth-order valence-corrected chi connectivity index (χ4v) is 2.99. The Labute approximate surface area is 109 Å². The Balaban J connectivity index is 3.10. The second kappa shape index (κ2) is 6.20. The molecule has 0 saturated carbocycles. The van der Waals surface area contributed by atoms with Crippen molar-refractivity contribution in [3.05, 3.63) is 23.8 Å². The highest BCUT2D eigenvalue weighted by Crippen LogP contribution is 2.23. The molecule has 0 spiro atoms. The summed E-state index contributed by atoms with van der Waals surface area (Å²) in [5.74, 6) is 0.722. The summed E-state index contributed by atoms with van der Waals surface area (Å²) in [5.41, 5.74) is 0.893. The molecule has 1 aromatic carbocycles. The van der Waals surface area contributed by atoms with Crippen LogP contribution in [0.5, 0.6) is 5.75 Å². The highest BCUT2D eigenvalue weighted by molar-refractivity contribution is 7.89. The Morgan fingerprint density at radius 1 is 1.33 bits per heavy atom. The van der Waals surface area contributed by atoms with E-state index >= 15 is 0 Å². The maximum absolute atomic E-state index is 12.1. The van der Waals surface area contributed by atoms with Crippen LogP contribution in [0.3, 0.4) is 0 Å². The van der Waals surface area contributed by atoms with Crippen LogP contribution in [0.15, 0.2) is 23.1 Å². The SMILES string of the molecule is CCc1cc(S(=O)(=O)N[C@@H](C)CC)ccc1OC. The molecule has 0 saturated heterocycles. The molecule has 0 amide bonds. The first kappa shape index (κ1) is 15.0. The molecular weight excluding hydrogens is 250 g/mol. The van der Waals surface area contributed by atoms with Crippen LogP contribution in [0.2, 0.25) is 0 Å². The van der Waals surface area contributed by atoms with Crippen LogP contribution in [0.25, 0.3) is 0 Å². The number of nitrogens with one attached hydrogen (secondary N) is 1. The molecule has 0 aliphatic rings. The van der Waals surface area contributed by atoms with E-state index in [1.54, 1.807) is 25.3 Å². The van der Waals surface area contributed by atoms with Gasteiger partial charge in [0.25, 0.3) is 0 Å². The van der Waals surface area contributed by atoms with Gasteiger partial charge >= 0.3 is 0 Å². The Kier molecular flexibility index (Phi) is 5.16. The van der Waals surface area contributed by atoms with Gasteiger partial charge in [0.15, 0.2) is 0 Å². The van der Waals surface area contributed by atoms with E-state index in [1.807, 2.05) is 20.8 Å². The highest BCUT2D eigenvalue weighted by Gasteiger charge is 2.17. The normalized spacial score (nSPS) is 13.3. The Morgan fingerprint density at radius 3 is 2.50 bits per heavy atom. The summed E-state index contributed by atoms with van der Waals surface area (Å²) in [7, 11) is -1.85. The van der Waals surface area contributed by atoms with Crippen LogP contribution in [-0.2, 0) is 16.4 Å². The number of sulfonamides is 1. The van der Waals surface area contributed by atoms with E-state index in [9.17, 15) is 8.42 Å². The topological polar surface area (TPSA) is 55.4 Å². The lowest BCUT2D eigenvalue weighted by Crippen LogP contribution is -2.32. The van der Waals surface area contributed by atoms with E-state index in [0.29, 0.717) is 4.90 Å². The molecule has 0 aromatic heterocycles. The van der Waals surface area contributed by atoms with E-state index in [4.69, 9.17) is 4.74 Å². The molecule has 0 aliphatic carbocycles. The third-order valence-electron chi connectivity index (χ3n) is 2.91. The van der Waals surface area contributed by atoms with Crippen LogP contribution in [-0.4, -0.2) is 21.6 Å². The quantitative estimate of drug-likeness (QED) is 0.864. The number of aryl methyl sites for hydroxylation is 1. The molecule has 0 aliphatic heterocycles. The molecule has 0 fully saturated rings. The van der Waals surface area contributed by atoms with E-state index in [0.717, 1.165) is 24.2 Å². The van der Waals surface area contributed by atoms with Gasteiger partial charge in [-0.2, -0.15) is 0 Å². The summed E-state index contributed by atoms with van der Waals surface area (Å²) < 4.78 is 32.1. The summed E-state index contributed by atoms with van der Waals surface area (Å²) in [5, 5.41) is 0. The number of benzene rings is 1. The first-order chi connectivity index (χ1) is 8.44. The summed E-state index contributed by atoms with van der Waals surface area (Å²) in [6.07, 6.45) is 1.49. The minimum absolute atomic E-state index is 0.0674. The smallest absolute Gasteiger partial charge is 0.240 e. The first-order valence-electron chi connectivity index (χ1n) is 6.13. The third-order valence-corrected chi connectivity index (χ3v) is 4.50.